The summed E-state index contributed by atoms with van der Waals surface area (Å²) in [6.45, 7) is 0.766. The van der Waals surface area contributed by atoms with Gasteiger partial charge in [-0.1, -0.05) is 31.0 Å². The van der Waals surface area contributed by atoms with Gasteiger partial charge in [0.15, 0.2) is 0 Å². The van der Waals surface area contributed by atoms with Crippen LogP contribution in [-0.2, 0) is 17.5 Å². The highest BCUT2D eigenvalue weighted by Gasteiger charge is 2.34. The van der Waals surface area contributed by atoms with E-state index >= 15 is 0 Å². The van der Waals surface area contributed by atoms with E-state index in [0.717, 1.165) is 38.3 Å². The van der Waals surface area contributed by atoms with Crippen LogP contribution in [0.5, 0.6) is 0 Å². The van der Waals surface area contributed by atoms with Gasteiger partial charge in [0.1, 0.15) is 0 Å². The van der Waals surface area contributed by atoms with Crippen LogP contribution in [-0.4, -0.2) is 30.4 Å². The molecular formula is C18H26ClF3N2O. The van der Waals surface area contributed by atoms with Gasteiger partial charge in [-0.15, -0.1) is 12.4 Å². The first-order valence-electron chi connectivity index (χ1n) is 8.52. The number of hydrogen-bond acceptors (Lipinski definition) is 2. The smallest absolute Gasteiger partial charge is 0.335 e. The number of alkyl halides is 3. The molecule has 0 bridgehead atoms. The normalized spacial score (nSPS) is 15.0. The second-order valence-electron chi connectivity index (χ2n) is 6.32. The highest BCUT2D eigenvalue weighted by Crippen LogP contribution is 2.34. The average Bonchev–Trinajstić information content (AvgIpc) is 3.06. The second-order valence-corrected chi connectivity index (χ2v) is 6.32. The van der Waals surface area contributed by atoms with Crippen molar-refractivity contribution in [2.24, 2.45) is 0 Å². The minimum atomic E-state index is -4.40. The van der Waals surface area contributed by atoms with Crippen molar-refractivity contribution in [3.8, 4) is 0 Å². The van der Waals surface area contributed by atoms with E-state index < -0.39 is 11.7 Å². The zero-order chi connectivity index (χ0) is 17.6. The maximum absolute atomic E-state index is 13.2. The van der Waals surface area contributed by atoms with E-state index in [1.54, 1.807) is 11.0 Å². The highest BCUT2D eigenvalue weighted by molar-refractivity contribution is 5.85. The molecule has 1 aliphatic rings. The Kier molecular flexibility index (Phi) is 8.73. The number of amides is 1. The van der Waals surface area contributed by atoms with Crippen LogP contribution in [0.25, 0.3) is 0 Å². The van der Waals surface area contributed by atoms with E-state index in [1.165, 1.54) is 12.1 Å². The molecule has 0 saturated heterocycles. The van der Waals surface area contributed by atoms with Crippen LogP contribution in [0.1, 0.15) is 49.7 Å². The third kappa shape index (κ3) is 6.19. The van der Waals surface area contributed by atoms with Crippen LogP contribution in [0.2, 0.25) is 0 Å². The molecule has 1 aromatic rings. The molecular weight excluding hydrogens is 353 g/mol. The maximum atomic E-state index is 13.2. The van der Waals surface area contributed by atoms with Crippen LogP contribution in [0.3, 0.4) is 0 Å². The van der Waals surface area contributed by atoms with E-state index in [1.807, 2.05) is 7.05 Å². The molecule has 1 N–H and O–H groups in total. The number of rotatable bonds is 7. The van der Waals surface area contributed by atoms with Crippen molar-refractivity contribution >= 4 is 18.3 Å². The monoisotopic (exact) mass is 378 g/mol. The molecule has 0 radical (unpaired) electrons. The lowest BCUT2D eigenvalue weighted by atomic mass is 10.0. The maximum Gasteiger partial charge on any atom is 0.416 e. The molecule has 7 heteroatoms. The van der Waals surface area contributed by atoms with Crippen molar-refractivity contribution in [3.63, 3.8) is 0 Å². The zero-order valence-electron chi connectivity index (χ0n) is 14.4. The van der Waals surface area contributed by atoms with E-state index in [9.17, 15) is 18.0 Å². The Bertz CT molecular complexity index is 545. The summed E-state index contributed by atoms with van der Waals surface area (Å²) >= 11 is 0. The van der Waals surface area contributed by atoms with Gasteiger partial charge in [0, 0.05) is 19.0 Å². The van der Waals surface area contributed by atoms with Gasteiger partial charge in [-0.3, -0.25) is 4.79 Å². The van der Waals surface area contributed by atoms with E-state index in [-0.39, 0.29) is 36.5 Å². The topological polar surface area (TPSA) is 32.3 Å². The molecule has 142 valence electrons. The van der Waals surface area contributed by atoms with Gasteiger partial charge in [-0.25, -0.2) is 0 Å². The Balaban J connectivity index is 0.00000312. The van der Waals surface area contributed by atoms with Gasteiger partial charge in [-0.05, 0) is 44.5 Å². The predicted octanol–water partition coefficient (Wildman–Crippen LogP) is 4.40. The quantitative estimate of drug-likeness (QED) is 0.713. The highest BCUT2D eigenvalue weighted by atomic mass is 35.5. The first-order valence-corrected chi connectivity index (χ1v) is 8.52. The van der Waals surface area contributed by atoms with Gasteiger partial charge in [-0.2, -0.15) is 13.2 Å². The third-order valence-electron chi connectivity index (χ3n) is 4.57. The second kappa shape index (κ2) is 10.0. The average molecular weight is 379 g/mol. The zero-order valence-corrected chi connectivity index (χ0v) is 15.3. The number of nitrogens with one attached hydrogen (secondary N) is 1. The summed E-state index contributed by atoms with van der Waals surface area (Å²) in [4.78, 5) is 14.3. The molecule has 1 aromatic carbocycles. The number of carbonyl (C=O) groups is 1. The van der Waals surface area contributed by atoms with E-state index in [4.69, 9.17) is 0 Å². The largest absolute Gasteiger partial charge is 0.416 e. The van der Waals surface area contributed by atoms with Crippen LogP contribution in [0.15, 0.2) is 24.3 Å². The lowest BCUT2D eigenvalue weighted by Gasteiger charge is -2.30. The Morgan fingerprint density at radius 3 is 2.48 bits per heavy atom. The number of benzene rings is 1. The molecule has 0 spiro atoms. The summed E-state index contributed by atoms with van der Waals surface area (Å²) in [6.07, 6.45) is 0.494. The van der Waals surface area contributed by atoms with Crippen LogP contribution in [0, 0.1) is 0 Å². The standard InChI is InChI=1S/C18H25F3N2O.ClH/c1-22-12-6-11-17(24)23(15-8-3-4-9-15)13-14-7-2-5-10-16(14)18(19,20)21;/h2,5,7,10,15,22H,3-4,6,8-9,11-13H2,1H3;1H. The number of halogens is 4. The van der Waals surface area contributed by atoms with Crippen LogP contribution < -0.4 is 5.32 Å². The molecule has 3 nitrogen and oxygen atoms in total. The summed E-state index contributed by atoms with van der Waals surface area (Å²) in [5.41, 5.74) is -0.463. The molecule has 2 rings (SSSR count). The van der Waals surface area contributed by atoms with Gasteiger partial charge in [0.25, 0.3) is 0 Å². The molecule has 0 aliphatic heterocycles. The fraction of sp³-hybridized carbons (Fsp3) is 0.611. The van der Waals surface area contributed by atoms with Crippen molar-refractivity contribution in [3.05, 3.63) is 35.4 Å². The Labute approximate surface area is 153 Å². The molecule has 0 atom stereocenters. The fourth-order valence-electron chi connectivity index (χ4n) is 3.32. The molecule has 1 fully saturated rings. The summed E-state index contributed by atoms with van der Waals surface area (Å²) in [7, 11) is 1.82. The van der Waals surface area contributed by atoms with Crippen LogP contribution >= 0.6 is 12.4 Å². The molecule has 25 heavy (non-hydrogen) atoms. The summed E-state index contributed by atoms with van der Waals surface area (Å²) in [5, 5.41) is 2.99. The predicted molar refractivity (Wildman–Crippen MR) is 94.7 cm³/mol. The number of hydrogen-bond donors (Lipinski definition) is 1. The Morgan fingerprint density at radius 1 is 1.24 bits per heavy atom. The minimum Gasteiger partial charge on any atom is -0.335 e. The molecule has 1 saturated carbocycles. The lowest BCUT2D eigenvalue weighted by Crippen LogP contribution is -2.39. The van der Waals surface area contributed by atoms with Crippen molar-refractivity contribution in [2.75, 3.05) is 13.6 Å². The van der Waals surface area contributed by atoms with Gasteiger partial charge < -0.3 is 10.2 Å². The lowest BCUT2D eigenvalue weighted by molar-refractivity contribution is -0.140. The molecule has 0 aromatic heterocycles. The summed E-state index contributed by atoms with van der Waals surface area (Å²) in [5.74, 6) is -0.0471. The SMILES string of the molecule is CNCCCC(=O)N(Cc1ccccc1C(F)(F)F)C1CCCC1.Cl. The fourth-order valence-corrected chi connectivity index (χ4v) is 3.32. The third-order valence-corrected chi connectivity index (χ3v) is 4.57. The minimum absolute atomic E-state index is 0. The first kappa shape index (κ1) is 21.8. The van der Waals surface area contributed by atoms with E-state index in [2.05, 4.69) is 5.32 Å². The van der Waals surface area contributed by atoms with Gasteiger partial charge in [0.05, 0.1) is 5.56 Å². The first-order chi connectivity index (χ1) is 11.4. The molecule has 0 heterocycles. The van der Waals surface area contributed by atoms with Crippen molar-refractivity contribution in [2.45, 2.75) is 57.3 Å². The molecule has 0 unspecified atom stereocenters. The van der Waals surface area contributed by atoms with Crippen LogP contribution in [0.4, 0.5) is 13.2 Å². The summed E-state index contributed by atoms with van der Waals surface area (Å²) in [6, 6.07) is 5.62. The van der Waals surface area contributed by atoms with E-state index in [0.29, 0.717) is 12.8 Å². The van der Waals surface area contributed by atoms with Gasteiger partial charge >= 0.3 is 6.18 Å². The number of carbonyl (C=O) groups excluding carboxylic acids is 1. The molecule has 1 amide bonds. The van der Waals surface area contributed by atoms with Crippen molar-refractivity contribution < 1.29 is 18.0 Å². The number of nitrogens with zero attached hydrogens (tertiary/aromatic N) is 1. The Hall–Kier alpha value is -1.27. The van der Waals surface area contributed by atoms with Crippen molar-refractivity contribution in [1.82, 2.24) is 10.2 Å². The summed E-state index contributed by atoms with van der Waals surface area (Å²) < 4.78 is 39.6. The Morgan fingerprint density at radius 2 is 1.88 bits per heavy atom. The van der Waals surface area contributed by atoms with Gasteiger partial charge in [0.2, 0.25) is 5.91 Å². The molecule has 1 aliphatic carbocycles. The van der Waals surface area contributed by atoms with Crippen molar-refractivity contribution in [1.29, 1.82) is 0 Å².